The average Bonchev–Trinajstić information content (AvgIpc) is 2.06. The van der Waals surface area contributed by atoms with Crippen molar-refractivity contribution in [2.24, 2.45) is 4.99 Å². The van der Waals surface area contributed by atoms with E-state index in [1.807, 2.05) is 0 Å². The van der Waals surface area contributed by atoms with Crippen molar-refractivity contribution in [2.75, 3.05) is 17.4 Å². The zero-order chi connectivity index (χ0) is 9.14. The number of alkyl halides is 2. The van der Waals surface area contributed by atoms with Gasteiger partial charge in [0.25, 0.3) is 0 Å². The van der Waals surface area contributed by atoms with Crippen LogP contribution in [0, 0.1) is 0 Å². The van der Waals surface area contributed by atoms with E-state index in [4.69, 9.17) is 11.6 Å². The van der Waals surface area contributed by atoms with E-state index in [2.05, 4.69) is 42.8 Å². The number of halogens is 3. The van der Waals surface area contributed by atoms with Crippen LogP contribution in [0.25, 0.3) is 0 Å². The van der Waals surface area contributed by atoms with Crippen LogP contribution in [0.3, 0.4) is 0 Å². The molecule has 0 spiro atoms. The maximum atomic E-state index is 5.76. The number of nitrogens with zero attached hydrogens (tertiary/aromatic N) is 2. The topological polar surface area (TPSA) is 15.6 Å². The molecule has 12 heavy (non-hydrogen) atoms. The van der Waals surface area contributed by atoms with E-state index in [1.54, 1.807) is 0 Å². The third kappa shape index (κ3) is 2.25. The predicted octanol–water partition coefficient (Wildman–Crippen LogP) is -0.760. The van der Waals surface area contributed by atoms with Crippen LogP contribution in [0.2, 0.25) is 0 Å². The molecule has 0 radical (unpaired) electrons. The molecule has 0 amide bonds. The minimum absolute atomic E-state index is 0.131. The molecule has 5 heteroatoms. The number of hydrogen-bond acceptors (Lipinski definition) is 2. The van der Waals surface area contributed by atoms with Crippen molar-refractivity contribution in [1.82, 2.24) is 3.11 Å². The Morgan fingerprint density at radius 3 is 2.92 bits per heavy atom. The average molecular weight is 411 g/mol. The van der Waals surface area contributed by atoms with E-state index in [-0.39, 0.29) is 21.2 Å². The van der Waals surface area contributed by atoms with Gasteiger partial charge in [0.05, 0.1) is 0 Å². The fourth-order valence-corrected chi connectivity index (χ4v) is 5.11. The number of hydrogen-bond donors (Lipinski definition) is 0. The summed E-state index contributed by atoms with van der Waals surface area (Å²) in [5.74, 6) is 1.52. The second-order valence-corrected chi connectivity index (χ2v) is 5.74. The van der Waals surface area contributed by atoms with Crippen LogP contribution in [-0.2, 0) is 0 Å². The second-order valence-electron chi connectivity index (χ2n) is 2.41. The first-order valence-electron chi connectivity index (χ1n) is 3.45. The molecule has 1 aliphatic heterocycles. The van der Waals surface area contributed by atoms with Gasteiger partial charge in [0.15, 0.2) is 0 Å². The fraction of sp³-hybridized carbons (Fsp3) is 0.571. The number of rotatable bonds is 2. The Bertz CT molecular complexity index is 238. The van der Waals surface area contributed by atoms with Gasteiger partial charge in [0.2, 0.25) is 0 Å². The molecule has 0 aliphatic carbocycles. The van der Waals surface area contributed by atoms with Gasteiger partial charge in [-0.1, -0.05) is 0 Å². The van der Waals surface area contributed by atoms with Crippen LogP contribution in [-0.4, -0.2) is 26.3 Å². The van der Waals surface area contributed by atoms with Gasteiger partial charge in [-0.2, -0.15) is 0 Å². The molecule has 0 N–H and O–H groups in total. The fourth-order valence-electron chi connectivity index (χ4n) is 0.948. The zero-order valence-corrected chi connectivity index (χ0v) is 12.0. The van der Waals surface area contributed by atoms with E-state index in [0.717, 1.165) is 12.4 Å². The first-order valence-corrected chi connectivity index (χ1v) is 8.18. The van der Waals surface area contributed by atoms with Crippen LogP contribution in [0.4, 0.5) is 0 Å². The Balaban J connectivity index is 2.84. The number of amidine groups is 1. The summed E-state index contributed by atoms with van der Waals surface area (Å²) in [5, 5.41) is 0. The Morgan fingerprint density at radius 2 is 2.42 bits per heavy atom. The van der Waals surface area contributed by atoms with E-state index < -0.39 is 0 Å². The minimum atomic E-state index is 0.131. The van der Waals surface area contributed by atoms with E-state index in [1.165, 1.54) is 9.28 Å². The summed E-state index contributed by atoms with van der Waals surface area (Å²) in [6.07, 6.45) is 0. The van der Waals surface area contributed by atoms with Crippen LogP contribution in [0.15, 0.2) is 14.3 Å². The first kappa shape index (κ1) is 11.0. The van der Waals surface area contributed by atoms with Gasteiger partial charge in [-0.05, 0) is 0 Å². The third-order valence-electron chi connectivity index (χ3n) is 1.55. The summed E-state index contributed by atoms with van der Waals surface area (Å²) in [4.78, 5) is 6.64. The van der Waals surface area contributed by atoms with Crippen LogP contribution < -0.4 is 21.2 Å². The van der Waals surface area contributed by atoms with E-state index in [0.29, 0.717) is 5.88 Å². The first-order chi connectivity index (χ1) is 5.70. The molecule has 1 rings (SSSR count). The Morgan fingerprint density at radius 1 is 1.75 bits per heavy atom. The second kappa shape index (κ2) is 4.99. The van der Waals surface area contributed by atoms with Crippen LogP contribution >= 0.6 is 34.5 Å². The quantitative estimate of drug-likeness (QED) is 0.253. The molecule has 0 atom stereocenters. The molecule has 70 valence electrons. The Hall–Kier alpha value is 0.960. The molecular formula is C7H10ClI2N2-. The summed E-state index contributed by atoms with van der Waals surface area (Å²) >= 11 is 8.17. The van der Waals surface area contributed by atoms with Gasteiger partial charge in [0.1, 0.15) is 0 Å². The molecule has 0 aromatic carbocycles. The molecule has 1 heterocycles. The van der Waals surface area contributed by atoms with Gasteiger partial charge in [-0.15, -0.1) is 0 Å². The molecule has 0 saturated carbocycles. The van der Waals surface area contributed by atoms with Crippen molar-refractivity contribution in [3.8, 4) is 0 Å². The molecule has 0 aromatic heterocycles. The van der Waals surface area contributed by atoms with Crippen molar-refractivity contribution in [2.45, 2.75) is 6.92 Å². The molecule has 0 fully saturated rings. The van der Waals surface area contributed by atoms with Crippen molar-refractivity contribution >= 4 is 40.3 Å². The number of aliphatic imine (C=N–C) groups is 1. The summed E-state index contributed by atoms with van der Waals surface area (Å²) < 4.78 is 3.58. The monoisotopic (exact) mass is 411 g/mol. The van der Waals surface area contributed by atoms with Crippen molar-refractivity contribution in [3.63, 3.8) is 0 Å². The summed E-state index contributed by atoms with van der Waals surface area (Å²) in [6.45, 7) is 2.99. The van der Waals surface area contributed by atoms with Gasteiger partial charge >= 0.3 is 103 Å². The summed E-state index contributed by atoms with van der Waals surface area (Å²) in [6, 6.07) is 0. The summed E-state index contributed by atoms with van der Waals surface area (Å²) in [5.41, 5.74) is 1.40. The third-order valence-corrected chi connectivity index (χ3v) is 6.17. The molecule has 0 unspecified atom stereocenters. The van der Waals surface area contributed by atoms with Crippen molar-refractivity contribution in [1.29, 1.82) is 0 Å². The Labute approximate surface area is 102 Å². The molecule has 0 bridgehead atoms. The van der Waals surface area contributed by atoms with Gasteiger partial charge < -0.3 is 0 Å². The standard InChI is InChI=1S/C7H10ClI2N2/c1-5-4-11-6(3-8)12(9)7(5)10-2/h3-4H2,1-2H3/q-1. The zero-order valence-electron chi connectivity index (χ0n) is 6.94. The van der Waals surface area contributed by atoms with E-state index in [9.17, 15) is 0 Å². The Kier molecular flexibility index (Phi) is 4.59. The molecule has 2 nitrogen and oxygen atoms in total. The SMILES string of the molecule is C[I-]C1=C(C)CN=C(CCl)N1I. The maximum absolute atomic E-state index is 5.76. The van der Waals surface area contributed by atoms with Crippen molar-refractivity contribution in [3.05, 3.63) is 9.28 Å². The van der Waals surface area contributed by atoms with Crippen molar-refractivity contribution < 1.29 is 21.2 Å². The van der Waals surface area contributed by atoms with Crippen LogP contribution in [0.5, 0.6) is 0 Å². The van der Waals surface area contributed by atoms with Crippen LogP contribution in [0.1, 0.15) is 6.92 Å². The predicted molar refractivity (Wildman–Crippen MR) is 57.5 cm³/mol. The molecule has 0 saturated heterocycles. The summed E-state index contributed by atoms with van der Waals surface area (Å²) in [7, 11) is 0. The van der Waals surface area contributed by atoms with Gasteiger partial charge in [-0.3, -0.25) is 0 Å². The molecule has 0 aromatic rings. The normalized spacial score (nSPS) is 18.7. The van der Waals surface area contributed by atoms with E-state index >= 15 is 0 Å². The molecule has 1 aliphatic rings. The molecular weight excluding hydrogens is 401 g/mol. The van der Waals surface area contributed by atoms with Gasteiger partial charge in [0, 0.05) is 0 Å². The van der Waals surface area contributed by atoms with Gasteiger partial charge in [-0.25, -0.2) is 0 Å².